The highest BCUT2D eigenvalue weighted by atomic mass is 32.2. The van der Waals surface area contributed by atoms with E-state index in [0.29, 0.717) is 12.2 Å². The SMILES string of the molecule is Cc1c(S(=O)(=O)N2CCCC2c2ccc[nH]2)c(N)nn1C. The quantitative estimate of drug-likeness (QED) is 0.889. The van der Waals surface area contributed by atoms with Crippen LogP contribution in [0.1, 0.15) is 30.3 Å². The first-order valence-electron chi connectivity index (χ1n) is 6.87. The molecule has 0 aliphatic carbocycles. The van der Waals surface area contributed by atoms with Gasteiger partial charge in [0.15, 0.2) is 5.82 Å². The predicted molar refractivity (Wildman–Crippen MR) is 79.0 cm³/mol. The van der Waals surface area contributed by atoms with Crippen LogP contribution >= 0.6 is 0 Å². The van der Waals surface area contributed by atoms with Gasteiger partial charge in [0.2, 0.25) is 10.0 Å². The summed E-state index contributed by atoms with van der Waals surface area (Å²) in [7, 11) is -1.96. The van der Waals surface area contributed by atoms with Crippen molar-refractivity contribution in [1.29, 1.82) is 0 Å². The highest BCUT2D eigenvalue weighted by Gasteiger charge is 2.39. The molecule has 1 fully saturated rings. The minimum Gasteiger partial charge on any atom is -0.381 e. The van der Waals surface area contributed by atoms with Crippen molar-refractivity contribution in [2.45, 2.75) is 30.7 Å². The molecule has 0 bridgehead atoms. The van der Waals surface area contributed by atoms with E-state index in [1.165, 1.54) is 8.99 Å². The number of H-pyrrole nitrogens is 1. The van der Waals surface area contributed by atoms with E-state index in [0.717, 1.165) is 18.5 Å². The number of aromatic amines is 1. The zero-order valence-corrected chi connectivity index (χ0v) is 12.9. The number of sulfonamides is 1. The maximum absolute atomic E-state index is 13.0. The first-order chi connectivity index (χ1) is 9.93. The maximum Gasteiger partial charge on any atom is 0.249 e. The van der Waals surface area contributed by atoms with Crippen molar-refractivity contribution >= 4 is 15.8 Å². The van der Waals surface area contributed by atoms with E-state index in [1.54, 1.807) is 14.0 Å². The van der Waals surface area contributed by atoms with Gasteiger partial charge in [-0.2, -0.15) is 9.40 Å². The van der Waals surface area contributed by atoms with Crippen molar-refractivity contribution in [3.05, 3.63) is 29.7 Å². The van der Waals surface area contributed by atoms with Crippen LogP contribution in [-0.4, -0.2) is 34.0 Å². The molecule has 0 spiro atoms. The van der Waals surface area contributed by atoms with Crippen LogP contribution in [0.5, 0.6) is 0 Å². The summed E-state index contributed by atoms with van der Waals surface area (Å²) in [5, 5.41) is 4.02. The first-order valence-corrected chi connectivity index (χ1v) is 8.31. The van der Waals surface area contributed by atoms with Crippen molar-refractivity contribution in [2.75, 3.05) is 12.3 Å². The molecule has 3 rings (SSSR count). The molecular weight excluding hydrogens is 290 g/mol. The number of hydrogen-bond donors (Lipinski definition) is 2. The summed E-state index contributed by atoms with van der Waals surface area (Å²) in [5.74, 6) is 0.0622. The Labute approximate surface area is 123 Å². The number of nitrogens with zero attached hydrogens (tertiary/aromatic N) is 3. The number of nitrogens with two attached hydrogens (primary N) is 1. The van der Waals surface area contributed by atoms with Gasteiger partial charge in [0, 0.05) is 25.5 Å². The summed E-state index contributed by atoms with van der Waals surface area (Å²) in [5.41, 5.74) is 7.29. The lowest BCUT2D eigenvalue weighted by Gasteiger charge is -2.23. The number of nitrogens with one attached hydrogen (secondary N) is 1. The minimum absolute atomic E-state index is 0.0622. The van der Waals surface area contributed by atoms with E-state index in [4.69, 9.17) is 5.73 Å². The molecule has 0 aromatic carbocycles. The summed E-state index contributed by atoms with van der Waals surface area (Å²) in [6.07, 6.45) is 3.45. The molecule has 8 heteroatoms. The average molecular weight is 309 g/mol. The third-order valence-electron chi connectivity index (χ3n) is 4.06. The lowest BCUT2D eigenvalue weighted by Crippen LogP contribution is -2.31. The van der Waals surface area contributed by atoms with Crippen molar-refractivity contribution in [2.24, 2.45) is 7.05 Å². The standard InChI is InChI=1S/C13H19N5O2S/c1-9-12(13(14)16-17(9)2)21(19,20)18-8-4-6-11(18)10-5-3-7-15-10/h3,5,7,11,15H,4,6,8H2,1-2H3,(H2,14,16). The van der Waals surface area contributed by atoms with E-state index in [1.807, 2.05) is 18.3 Å². The summed E-state index contributed by atoms with van der Waals surface area (Å²) >= 11 is 0. The molecule has 114 valence electrons. The van der Waals surface area contributed by atoms with Gasteiger partial charge >= 0.3 is 0 Å². The first kappa shape index (κ1) is 14.2. The number of aromatic nitrogens is 3. The van der Waals surface area contributed by atoms with E-state index in [2.05, 4.69) is 10.1 Å². The van der Waals surface area contributed by atoms with E-state index in [9.17, 15) is 8.42 Å². The van der Waals surface area contributed by atoms with Crippen LogP contribution in [0, 0.1) is 6.92 Å². The van der Waals surface area contributed by atoms with Gasteiger partial charge in [-0.1, -0.05) is 0 Å². The largest absolute Gasteiger partial charge is 0.381 e. The van der Waals surface area contributed by atoms with E-state index >= 15 is 0 Å². The normalized spacial score (nSPS) is 20.2. The lowest BCUT2D eigenvalue weighted by molar-refractivity contribution is 0.391. The van der Waals surface area contributed by atoms with Crippen molar-refractivity contribution in [3.63, 3.8) is 0 Å². The van der Waals surface area contributed by atoms with Gasteiger partial charge in [-0.05, 0) is 31.9 Å². The average Bonchev–Trinajstić information content (AvgIpc) is 3.11. The topological polar surface area (TPSA) is 97.0 Å². The summed E-state index contributed by atoms with van der Waals surface area (Å²) < 4.78 is 29.0. The molecule has 1 unspecified atom stereocenters. The Morgan fingerprint density at radius 2 is 2.24 bits per heavy atom. The molecule has 1 atom stereocenters. The molecule has 2 aromatic heterocycles. The van der Waals surface area contributed by atoms with Crippen LogP contribution in [0.4, 0.5) is 5.82 Å². The second-order valence-electron chi connectivity index (χ2n) is 5.32. The number of nitrogen functional groups attached to an aromatic ring is 1. The predicted octanol–water partition coefficient (Wildman–Crippen LogP) is 1.16. The van der Waals surface area contributed by atoms with Gasteiger partial charge in [-0.15, -0.1) is 0 Å². The van der Waals surface area contributed by atoms with Crippen LogP contribution in [0.2, 0.25) is 0 Å². The molecule has 0 saturated carbocycles. The number of rotatable bonds is 3. The molecule has 1 saturated heterocycles. The fraction of sp³-hybridized carbons (Fsp3) is 0.462. The lowest BCUT2D eigenvalue weighted by atomic mass is 10.2. The van der Waals surface area contributed by atoms with Gasteiger partial charge < -0.3 is 10.7 Å². The highest BCUT2D eigenvalue weighted by molar-refractivity contribution is 7.89. The molecule has 3 N–H and O–H groups in total. The second kappa shape index (κ2) is 4.88. The second-order valence-corrected chi connectivity index (χ2v) is 7.15. The van der Waals surface area contributed by atoms with Gasteiger partial charge in [0.25, 0.3) is 0 Å². The third-order valence-corrected chi connectivity index (χ3v) is 6.13. The Balaban J connectivity index is 2.05. The Bertz CT molecular complexity index is 748. The Morgan fingerprint density at radius 1 is 1.48 bits per heavy atom. The molecular formula is C13H19N5O2S. The molecule has 7 nitrogen and oxygen atoms in total. The Kier molecular flexibility index (Phi) is 3.29. The highest BCUT2D eigenvalue weighted by Crippen LogP contribution is 2.37. The summed E-state index contributed by atoms with van der Waals surface area (Å²) in [4.78, 5) is 3.24. The number of aryl methyl sites for hydroxylation is 1. The molecule has 2 aromatic rings. The van der Waals surface area contributed by atoms with Crippen molar-refractivity contribution in [3.8, 4) is 0 Å². The molecule has 0 amide bonds. The Hall–Kier alpha value is -1.80. The summed E-state index contributed by atoms with van der Waals surface area (Å²) in [6, 6.07) is 3.63. The van der Waals surface area contributed by atoms with Crippen LogP contribution in [-0.2, 0) is 17.1 Å². The van der Waals surface area contributed by atoms with Crippen LogP contribution in [0.25, 0.3) is 0 Å². The van der Waals surface area contributed by atoms with Gasteiger partial charge in [0.1, 0.15) is 4.90 Å². The van der Waals surface area contributed by atoms with Crippen molar-refractivity contribution < 1.29 is 8.42 Å². The smallest absolute Gasteiger partial charge is 0.249 e. The molecule has 1 aliphatic rings. The van der Waals surface area contributed by atoms with Crippen LogP contribution in [0.15, 0.2) is 23.2 Å². The zero-order valence-electron chi connectivity index (χ0n) is 12.1. The third kappa shape index (κ3) is 2.14. The monoisotopic (exact) mass is 309 g/mol. The molecule has 21 heavy (non-hydrogen) atoms. The Morgan fingerprint density at radius 3 is 2.81 bits per heavy atom. The molecule has 1 aliphatic heterocycles. The van der Waals surface area contributed by atoms with Crippen LogP contribution in [0.3, 0.4) is 0 Å². The molecule has 0 radical (unpaired) electrons. The fourth-order valence-electron chi connectivity index (χ4n) is 2.94. The minimum atomic E-state index is -3.65. The van der Waals surface area contributed by atoms with E-state index < -0.39 is 10.0 Å². The number of anilines is 1. The van der Waals surface area contributed by atoms with Gasteiger partial charge in [-0.3, -0.25) is 4.68 Å². The summed E-state index contributed by atoms with van der Waals surface area (Å²) in [6.45, 7) is 2.22. The van der Waals surface area contributed by atoms with E-state index in [-0.39, 0.29) is 16.8 Å². The number of hydrogen-bond acceptors (Lipinski definition) is 4. The van der Waals surface area contributed by atoms with Crippen LogP contribution < -0.4 is 5.73 Å². The fourth-order valence-corrected chi connectivity index (χ4v) is 4.91. The maximum atomic E-state index is 13.0. The van der Waals surface area contributed by atoms with Crippen molar-refractivity contribution in [1.82, 2.24) is 19.1 Å². The van der Waals surface area contributed by atoms with Gasteiger partial charge in [0.05, 0.1) is 11.7 Å². The molecule has 3 heterocycles. The van der Waals surface area contributed by atoms with Gasteiger partial charge in [-0.25, -0.2) is 8.42 Å². The zero-order chi connectivity index (χ0) is 15.2.